The summed E-state index contributed by atoms with van der Waals surface area (Å²) in [6.45, 7) is -0.0289. The molecule has 0 fully saturated rings. The molecule has 0 spiro atoms. The normalized spacial score (nSPS) is 9.78. The van der Waals surface area contributed by atoms with Gasteiger partial charge in [0.1, 0.15) is 0 Å². The van der Waals surface area contributed by atoms with Crippen LogP contribution in [0, 0.1) is 0 Å². The number of rotatable bonds is 2. The van der Waals surface area contributed by atoms with Gasteiger partial charge in [-0.3, -0.25) is 16.2 Å². The molecule has 9 heavy (non-hydrogen) atoms. The SMILES string of the molecule is NCCS(=O)(=O)O.NN. The molecule has 0 aromatic rings. The van der Waals surface area contributed by atoms with Crippen molar-refractivity contribution in [3.63, 3.8) is 0 Å². The average molecular weight is 157 g/mol. The summed E-state index contributed by atoms with van der Waals surface area (Å²) in [5.41, 5.74) is 4.78. The predicted molar refractivity (Wildman–Crippen MR) is 33.8 cm³/mol. The van der Waals surface area contributed by atoms with E-state index in [4.69, 9.17) is 10.3 Å². The van der Waals surface area contributed by atoms with Crippen molar-refractivity contribution in [2.45, 2.75) is 0 Å². The van der Waals surface area contributed by atoms with E-state index >= 15 is 0 Å². The lowest BCUT2D eigenvalue weighted by molar-refractivity contribution is 0.483. The molecule has 0 aromatic heterocycles. The number of hydrogen-bond acceptors (Lipinski definition) is 5. The molecule has 0 amide bonds. The molecule has 0 radical (unpaired) electrons. The monoisotopic (exact) mass is 157 g/mol. The van der Waals surface area contributed by atoms with E-state index in [0.717, 1.165) is 0 Å². The van der Waals surface area contributed by atoms with Crippen LogP contribution in [0.5, 0.6) is 0 Å². The fourth-order valence-electron chi connectivity index (χ4n) is 0.149. The van der Waals surface area contributed by atoms with Crippen molar-refractivity contribution in [2.75, 3.05) is 12.3 Å². The van der Waals surface area contributed by atoms with Gasteiger partial charge in [0.25, 0.3) is 10.1 Å². The summed E-state index contributed by atoms with van der Waals surface area (Å²) in [6, 6.07) is 0. The summed E-state index contributed by atoms with van der Waals surface area (Å²) in [5.74, 6) is 7.65. The largest absolute Gasteiger partial charge is 0.329 e. The molecule has 0 bridgehead atoms. The van der Waals surface area contributed by atoms with Gasteiger partial charge >= 0.3 is 0 Å². The van der Waals surface area contributed by atoms with Crippen molar-refractivity contribution in [1.29, 1.82) is 0 Å². The van der Waals surface area contributed by atoms with Gasteiger partial charge in [-0.1, -0.05) is 0 Å². The zero-order valence-electron chi connectivity index (χ0n) is 4.82. The highest BCUT2D eigenvalue weighted by Crippen LogP contribution is 1.74. The quantitative estimate of drug-likeness (QED) is 0.201. The zero-order chi connectivity index (χ0) is 7.91. The van der Waals surface area contributed by atoms with E-state index in [2.05, 4.69) is 11.7 Å². The van der Waals surface area contributed by atoms with Crippen LogP contribution in [0.25, 0.3) is 0 Å². The first-order valence-corrected chi connectivity index (χ1v) is 3.66. The Morgan fingerprint density at radius 1 is 1.33 bits per heavy atom. The highest BCUT2D eigenvalue weighted by molar-refractivity contribution is 7.85. The molecule has 6 nitrogen and oxygen atoms in total. The molecule has 7 heteroatoms. The lowest BCUT2D eigenvalue weighted by Crippen LogP contribution is -2.13. The van der Waals surface area contributed by atoms with Crippen molar-refractivity contribution < 1.29 is 13.0 Å². The van der Waals surface area contributed by atoms with Crippen LogP contribution in [0.2, 0.25) is 0 Å². The molecule has 0 saturated carbocycles. The van der Waals surface area contributed by atoms with Crippen LogP contribution in [0.1, 0.15) is 0 Å². The van der Waals surface area contributed by atoms with Gasteiger partial charge in [-0.25, -0.2) is 0 Å². The average Bonchev–Trinajstić information content (AvgIpc) is 1.69. The molecule has 0 rings (SSSR count). The van der Waals surface area contributed by atoms with Crippen LogP contribution >= 0.6 is 0 Å². The van der Waals surface area contributed by atoms with Gasteiger partial charge in [0.15, 0.2) is 0 Å². The van der Waals surface area contributed by atoms with Crippen molar-refractivity contribution in [3.8, 4) is 0 Å². The summed E-state index contributed by atoms with van der Waals surface area (Å²) in [4.78, 5) is 0. The van der Waals surface area contributed by atoms with Crippen LogP contribution in [-0.4, -0.2) is 25.3 Å². The van der Waals surface area contributed by atoms with E-state index in [1.54, 1.807) is 0 Å². The predicted octanol–water partition coefficient (Wildman–Crippen LogP) is -2.35. The lowest BCUT2D eigenvalue weighted by atomic mass is 10.8. The van der Waals surface area contributed by atoms with Gasteiger partial charge in [-0.2, -0.15) is 8.42 Å². The molecule has 0 atom stereocenters. The summed E-state index contributed by atoms with van der Waals surface area (Å²) < 4.78 is 27.3. The molecule has 7 N–H and O–H groups in total. The number of hydrazine groups is 1. The second-order valence-corrected chi connectivity index (χ2v) is 2.65. The van der Waals surface area contributed by atoms with Gasteiger partial charge in [0.2, 0.25) is 0 Å². The Morgan fingerprint density at radius 2 is 1.67 bits per heavy atom. The van der Waals surface area contributed by atoms with Crippen LogP contribution in [0.3, 0.4) is 0 Å². The second kappa shape index (κ2) is 5.92. The van der Waals surface area contributed by atoms with Crippen LogP contribution in [0.4, 0.5) is 0 Å². The van der Waals surface area contributed by atoms with Crippen molar-refractivity contribution in [1.82, 2.24) is 0 Å². The lowest BCUT2D eigenvalue weighted by Gasteiger charge is -1.86. The Bertz CT molecular complexity index is 130. The van der Waals surface area contributed by atoms with Gasteiger partial charge < -0.3 is 5.73 Å². The van der Waals surface area contributed by atoms with E-state index in [9.17, 15) is 8.42 Å². The first-order valence-electron chi connectivity index (χ1n) is 2.05. The standard InChI is InChI=1S/C2H7NO3S.H4N2/c3-1-2-7(4,5)6;1-2/h1-3H2,(H,4,5,6);1-2H2. The smallest absolute Gasteiger partial charge is 0.266 e. The van der Waals surface area contributed by atoms with E-state index < -0.39 is 10.1 Å². The summed E-state index contributed by atoms with van der Waals surface area (Å²) >= 11 is 0. The maximum absolute atomic E-state index is 9.71. The molecule has 58 valence electrons. The third-order valence-corrected chi connectivity index (χ3v) is 1.13. The Hall–Kier alpha value is -0.210. The topological polar surface area (TPSA) is 132 Å². The highest BCUT2D eigenvalue weighted by Gasteiger charge is 1.98. The molecule has 0 aromatic carbocycles. The summed E-state index contributed by atoms with van der Waals surface area (Å²) in [6.07, 6.45) is 0. The minimum atomic E-state index is -3.80. The first-order chi connectivity index (χ1) is 4.06. The van der Waals surface area contributed by atoms with Crippen LogP contribution in [0.15, 0.2) is 0 Å². The zero-order valence-corrected chi connectivity index (χ0v) is 5.63. The number of hydrogen-bond donors (Lipinski definition) is 4. The molecule has 0 heterocycles. The minimum Gasteiger partial charge on any atom is -0.329 e. The summed E-state index contributed by atoms with van der Waals surface area (Å²) in [5, 5.41) is 0. The Kier molecular flexibility index (Phi) is 7.61. The maximum Gasteiger partial charge on any atom is 0.266 e. The van der Waals surface area contributed by atoms with E-state index in [0.29, 0.717) is 0 Å². The molecule has 0 aliphatic heterocycles. The molecular formula is C2H11N3O3S. The second-order valence-electron chi connectivity index (χ2n) is 1.07. The van der Waals surface area contributed by atoms with E-state index in [1.807, 2.05) is 0 Å². The highest BCUT2D eigenvalue weighted by atomic mass is 32.2. The fraction of sp³-hybridized carbons (Fsp3) is 1.00. The van der Waals surface area contributed by atoms with Gasteiger partial charge in [-0.15, -0.1) is 0 Å². The first kappa shape index (κ1) is 11.6. The van der Waals surface area contributed by atoms with Crippen LogP contribution in [-0.2, 0) is 10.1 Å². The van der Waals surface area contributed by atoms with E-state index in [-0.39, 0.29) is 12.3 Å². The third kappa shape index (κ3) is 18.2. The molecule has 0 unspecified atom stereocenters. The van der Waals surface area contributed by atoms with Gasteiger partial charge in [0.05, 0.1) is 5.75 Å². The molecule has 0 saturated heterocycles. The van der Waals surface area contributed by atoms with Crippen LogP contribution < -0.4 is 17.4 Å². The van der Waals surface area contributed by atoms with E-state index in [1.165, 1.54) is 0 Å². The molecule has 0 aliphatic rings. The van der Waals surface area contributed by atoms with Crippen molar-refractivity contribution >= 4 is 10.1 Å². The molecular weight excluding hydrogens is 146 g/mol. The van der Waals surface area contributed by atoms with Gasteiger partial charge in [-0.05, 0) is 0 Å². The Labute approximate surface area is 53.7 Å². The van der Waals surface area contributed by atoms with Crippen molar-refractivity contribution in [2.24, 2.45) is 17.4 Å². The minimum absolute atomic E-state index is 0.0289. The third-order valence-electron chi connectivity index (χ3n) is 0.376. The van der Waals surface area contributed by atoms with Gasteiger partial charge in [0, 0.05) is 6.54 Å². The molecule has 0 aliphatic carbocycles. The van der Waals surface area contributed by atoms with Crippen molar-refractivity contribution in [3.05, 3.63) is 0 Å². The summed E-state index contributed by atoms with van der Waals surface area (Å²) in [7, 11) is -3.80. The maximum atomic E-state index is 9.71. The fourth-order valence-corrected chi connectivity index (χ4v) is 0.447. The Balaban J connectivity index is 0. The Morgan fingerprint density at radius 3 is 1.67 bits per heavy atom. The number of nitrogens with two attached hydrogens (primary N) is 3.